The summed E-state index contributed by atoms with van der Waals surface area (Å²) in [6, 6.07) is 4.33. The first-order valence-electron chi connectivity index (χ1n) is 9.52. The van der Waals surface area contributed by atoms with Gasteiger partial charge in [-0.3, -0.25) is 19.3 Å². The predicted molar refractivity (Wildman–Crippen MR) is 106 cm³/mol. The minimum absolute atomic E-state index is 0.000866. The van der Waals surface area contributed by atoms with Crippen molar-refractivity contribution in [3.8, 4) is 17.6 Å². The van der Waals surface area contributed by atoms with Gasteiger partial charge in [-0.05, 0) is 25.0 Å². The monoisotopic (exact) mass is 424 g/mol. The smallest absolute Gasteiger partial charge is 0.329 e. The predicted octanol–water partition coefficient (Wildman–Crippen LogP) is 2.16. The average Bonchev–Trinajstić information content (AvgIpc) is 3.17. The van der Waals surface area contributed by atoms with E-state index in [1.807, 2.05) is 6.07 Å². The van der Waals surface area contributed by atoms with Crippen molar-refractivity contribution in [1.82, 2.24) is 24.3 Å². The van der Waals surface area contributed by atoms with Gasteiger partial charge in [-0.1, -0.05) is 0 Å². The van der Waals surface area contributed by atoms with Gasteiger partial charge in [-0.2, -0.15) is 5.26 Å². The summed E-state index contributed by atoms with van der Waals surface area (Å²) in [6.07, 6.45) is 4.93. The Bertz CT molecular complexity index is 1200. The fraction of sp³-hybridized carbons (Fsp3) is 0.316. The molecule has 158 valence electrons. The normalized spacial score (nSPS) is 16.1. The number of nitriles is 1. The van der Waals surface area contributed by atoms with Gasteiger partial charge < -0.3 is 10.2 Å². The molecule has 1 atom stereocenters. The third-order valence-electron chi connectivity index (χ3n) is 5.01. The van der Waals surface area contributed by atoms with Gasteiger partial charge in [0.2, 0.25) is 11.7 Å². The number of amides is 1. The van der Waals surface area contributed by atoms with Crippen molar-refractivity contribution in [2.45, 2.75) is 25.3 Å². The number of nitro groups is 1. The van der Waals surface area contributed by atoms with Gasteiger partial charge in [0.15, 0.2) is 5.82 Å². The Labute approximate surface area is 175 Å². The number of likely N-dealkylation sites (tertiary alicyclic amines) is 1. The van der Waals surface area contributed by atoms with E-state index in [1.165, 1.54) is 28.9 Å². The van der Waals surface area contributed by atoms with Crippen LogP contribution in [0, 0.1) is 27.3 Å². The molecule has 0 unspecified atom stereocenters. The molecule has 1 saturated heterocycles. The lowest BCUT2D eigenvalue weighted by molar-refractivity contribution is -0.384. The molecule has 4 rings (SSSR count). The van der Waals surface area contributed by atoms with Crippen LogP contribution in [0.4, 0.5) is 15.9 Å². The molecule has 3 aromatic heterocycles. The molecule has 1 aliphatic heterocycles. The molecule has 11 nitrogen and oxygen atoms in total. The molecule has 3 aromatic rings. The second-order valence-corrected chi connectivity index (χ2v) is 7.06. The Hall–Kier alpha value is -4.14. The molecule has 31 heavy (non-hydrogen) atoms. The van der Waals surface area contributed by atoms with Crippen molar-refractivity contribution < 1.29 is 14.1 Å². The summed E-state index contributed by atoms with van der Waals surface area (Å²) in [4.78, 5) is 37.1. The summed E-state index contributed by atoms with van der Waals surface area (Å²) in [5, 5.41) is 23.3. The first-order chi connectivity index (χ1) is 15.0. The zero-order chi connectivity index (χ0) is 22.0. The number of hydrogen-bond acceptors (Lipinski definition) is 8. The Morgan fingerprint density at radius 1 is 1.39 bits per heavy atom. The van der Waals surface area contributed by atoms with Crippen LogP contribution in [0.3, 0.4) is 0 Å². The van der Waals surface area contributed by atoms with Crippen LogP contribution < -0.4 is 5.32 Å². The summed E-state index contributed by atoms with van der Waals surface area (Å²) >= 11 is 0. The molecule has 0 spiro atoms. The maximum atomic E-state index is 13.7. The van der Waals surface area contributed by atoms with Crippen LogP contribution in [0.2, 0.25) is 0 Å². The lowest BCUT2D eigenvalue weighted by atomic mass is 10.1. The van der Waals surface area contributed by atoms with Crippen molar-refractivity contribution in [1.29, 1.82) is 5.26 Å². The molecule has 4 heterocycles. The number of halogens is 1. The van der Waals surface area contributed by atoms with E-state index in [0.29, 0.717) is 37.3 Å². The van der Waals surface area contributed by atoms with E-state index < -0.39 is 10.7 Å². The Morgan fingerprint density at radius 2 is 2.23 bits per heavy atom. The third kappa shape index (κ3) is 4.11. The second-order valence-electron chi connectivity index (χ2n) is 7.06. The van der Waals surface area contributed by atoms with E-state index in [0.717, 1.165) is 6.20 Å². The van der Waals surface area contributed by atoms with Gasteiger partial charge in [-0.15, -0.1) is 0 Å². The van der Waals surface area contributed by atoms with Crippen molar-refractivity contribution in [2.24, 2.45) is 0 Å². The van der Waals surface area contributed by atoms with E-state index in [4.69, 9.17) is 5.26 Å². The number of fused-ring (bicyclic) bond motifs is 1. The molecule has 0 saturated carbocycles. The SMILES string of the molecule is N#CCC(=O)N1CCC[C@@H](Nc2nc(-c3cnc4ccc(F)cn34)ncc2[N+](=O)[O-])C1. The van der Waals surface area contributed by atoms with E-state index in [1.54, 1.807) is 4.90 Å². The summed E-state index contributed by atoms with van der Waals surface area (Å²) in [6.45, 7) is 0.834. The topological polar surface area (TPSA) is 142 Å². The molecule has 0 aromatic carbocycles. The highest BCUT2D eigenvalue weighted by atomic mass is 19.1. The minimum Gasteiger partial charge on any atom is -0.360 e. The quantitative estimate of drug-likeness (QED) is 0.485. The lowest BCUT2D eigenvalue weighted by Crippen LogP contribution is -2.45. The Kier molecular flexibility index (Phi) is 5.40. The van der Waals surface area contributed by atoms with E-state index in [-0.39, 0.29) is 35.7 Å². The highest BCUT2D eigenvalue weighted by Crippen LogP contribution is 2.27. The molecule has 12 heteroatoms. The third-order valence-corrected chi connectivity index (χ3v) is 5.01. The van der Waals surface area contributed by atoms with Crippen molar-refractivity contribution in [3.05, 3.63) is 46.7 Å². The van der Waals surface area contributed by atoms with Gasteiger partial charge >= 0.3 is 5.69 Å². The zero-order valence-corrected chi connectivity index (χ0v) is 16.2. The highest BCUT2D eigenvalue weighted by Gasteiger charge is 2.27. The van der Waals surface area contributed by atoms with Gasteiger partial charge in [0.1, 0.15) is 29.8 Å². The fourth-order valence-corrected chi connectivity index (χ4v) is 3.55. The molecular weight excluding hydrogens is 407 g/mol. The maximum Gasteiger partial charge on any atom is 0.329 e. The molecule has 1 amide bonds. The summed E-state index contributed by atoms with van der Waals surface area (Å²) in [5.74, 6) is -0.615. The maximum absolute atomic E-state index is 13.7. The van der Waals surface area contributed by atoms with Crippen LogP contribution >= 0.6 is 0 Å². The second kappa shape index (κ2) is 8.31. The largest absolute Gasteiger partial charge is 0.360 e. The number of piperidine rings is 1. The van der Waals surface area contributed by atoms with Crippen LogP contribution in [0.5, 0.6) is 0 Å². The molecule has 0 bridgehead atoms. The van der Waals surface area contributed by atoms with Gasteiger partial charge in [0.25, 0.3) is 0 Å². The standard InChI is InChI=1S/C19H17FN8O3/c20-12-3-4-16-22-8-14(27(16)10-12)18-23-9-15(28(30)31)19(25-18)24-13-2-1-7-26(11-13)17(29)5-6-21/h3-4,8-10,13H,1-2,5,7,11H2,(H,23,24,25)/t13-/m1/s1. The molecule has 0 radical (unpaired) electrons. The molecule has 1 fully saturated rings. The van der Waals surface area contributed by atoms with E-state index >= 15 is 0 Å². The summed E-state index contributed by atoms with van der Waals surface area (Å²) in [7, 11) is 0. The number of nitrogens with zero attached hydrogens (tertiary/aromatic N) is 7. The van der Waals surface area contributed by atoms with Crippen LogP contribution in [0.1, 0.15) is 19.3 Å². The van der Waals surface area contributed by atoms with Crippen LogP contribution in [0.15, 0.2) is 30.7 Å². The Balaban J connectivity index is 1.65. The highest BCUT2D eigenvalue weighted by molar-refractivity contribution is 5.78. The first-order valence-corrected chi connectivity index (χ1v) is 9.52. The number of aromatic nitrogens is 4. The van der Waals surface area contributed by atoms with Crippen LogP contribution in [-0.4, -0.2) is 54.2 Å². The fourth-order valence-electron chi connectivity index (χ4n) is 3.55. The van der Waals surface area contributed by atoms with Gasteiger partial charge in [0.05, 0.1) is 17.2 Å². The molecule has 1 aliphatic rings. The van der Waals surface area contributed by atoms with E-state index in [2.05, 4.69) is 20.3 Å². The number of hydrogen-bond donors (Lipinski definition) is 1. The molecular formula is C19H17FN8O3. The Morgan fingerprint density at radius 3 is 3.00 bits per heavy atom. The van der Waals surface area contributed by atoms with Crippen molar-refractivity contribution in [3.63, 3.8) is 0 Å². The average molecular weight is 424 g/mol. The number of carbonyl (C=O) groups is 1. The number of anilines is 1. The van der Waals surface area contributed by atoms with Crippen molar-refractivity contribution in [2.75, 3.05) is 18.4 Å². The van der Waals surface area contributed by atoms with Crippen LogP contribution in [-0.2, 0) is 4.79 Å². The summed E-state index contributed by atoms with van der Waals surface area (Å²) in [5.41, 5.74) is 0.540. The molecule has 0 aliphatic carbocycles. The first kappa shape index (κ1) is 20.1. The number of carbonyl (C=O) groups excluding carboxylic acids is 1. The van der Waals surface area contributed by atoms with Gasteiger partial charge in [-0.25, -0.2) is 19.3 Å². The number of rotatable bonds is 5. The van der Waals surface area contributed by atoms with Crippen LogP contribution in [0.25, 0.3) is 17.2 Å². The van der Waals surface area contributed by atoms with E-state index in [9.17, 15) is 19.3 Å². The van der Waals surface area contributed by atoms with Crippen molar-refractivity contribution >= 4 is 23.1 Å². The number of pyridine rings is 1. The minimum atomic E-state index is -0.596. The van der Waals surface area contributed by atoms with Gasteiger partial charge in [0, 0.05) is 25.3 Å². The number of nitrogens with one attached hydrogen (secondary N) is 1. The summed E-state index contributed by atoms with van der Waals surface area (Å²) < 4.78 is 15.1. The lowest BCUT2D eigenvalue weighted by Gasteiger charge is -2.33. The number of imidazole rings is 1. The molecule has 1 N–H and O–H groups in total. The zero-order valence-electron chi connectivity index (χ0n) is 16.2.